The third-order valence-electron chi connectivity index (χ3n) is 3.24. The van der Waals surface area contributed by atoms with Crippen LogP contribution in [0, 0.1) is 0 Å². The first-order valence-electron chi connectivity index (χ1n) is 7.27. The van der Waals surface area contributed by atoms with Gasteiger partial charge in [-0.25, -0.2) is 9.97 Å². The molecule has 23 heavy (non-hydrogen) atoms. The van der Waals surface area contributed by atoms with Crippen molar-refractivity contribution >= 4 is 39.2 Å². The largest absolute Gasteiger partial charge is 0.351 e. The molecule has 6 nitrogen and oxygen atoms in total. The Bertz CT molecular complexity index is 753. The summed E-state index contributed by atoms with van der Waals surface area (Å²) in [6, 6.07) is 7.99. The summed E-state index contributed by atoms with van der Waals surface area (Å²) in [5.41, 5.74) is 0.979. The molecule has 2 atom stereocenters. The van der Waals surface area contributed by atoms with Gasteiger partial charge in [-0.1, -0.05) is 23.9 Å². The van der Waals surface area contributed by atoms with Crippen molar-refractivity contribution in [2.45, 2.75) is 36.0 Å². The highest BCUT2D eigenvalue weighted by molar-refractivity contribution is 8.02. The minimum absolute atomic E-state index is 0.00173. The van der Waals surface area contributed by atoms with Crippen LogP contribution in [0.4, 0.5) is 0 Å². The van der Waals surface area contributed by atoms with Crippen LogP contribution in [0.2, 0.25) is 0 Å². The van der Waals surface area contributed by atoms with E-state index < -0.39 is 0 Å². The maximum absolute atomic E-state index is 12.3. The highest BCUT2D eigenvalue weighted by Gasteiger charge is 2.18. The van der Waals surface area contributed by atoms with E-state index >= 15 is 0 Å². The van der Waals surface area contributed by atoms with E-state index in [0.717, 1.165) is 14.6 Å². The predicted molar refractivity (Wildman–Crippen MR) is 92.6 cm³/mol. The van der Waals surface area contributed by atoms with Crippen LogP contribution in [0.5, 0.6) is 0 Å². The average molecular weight is 347 g/mol. The van der Waals surface area contributed by atoms with Crippen LogP contribution in [-0.2, 0) is 11.3 Å². The lowest BCUT2D eigenvalue weighted by molar-refractivity contribution is -0.121. The van der Waals surface area contributed by atoms with Crippen molar-refractivity contribution in [3.05, 3.63) is 36.9 Å². The van der Waals surface area contributed by atoms with Crippen LogP contribution in [0.1, 0.15) is 13.8 Å². The number of aromatic nitrogens is 4. The number of thiazole rings is 1. The number of thioether (sulfide) groups is 1. The molecule has 0 spiro atoms. The van der Waals surface area contributed by atoms with Crippen LogP contribution in [0.15, 0.2) is 41.3 Å². The van der Waals surface area contributed by atoms with Gasteiger partial charge >= 0.3 is 0 Å². The van der Waals surface area contributed by atoms with Gasteiger partial charge in [0, 0.05) is 6.04 Å². The van der Waals surface area contributed by atoms with Crippen molar-refractivity contribution in [2.24, 2.45) is 0 Å². The molecule has 0 saturated heterocycles. The van der Waals surface area contributed by atoms with E-state index in [4.69, 9.17) is 0 Å². The molecule has 1 amide bonds. The monoisotopic (exact) mass is 347 g/mol. The van der Waals surface area contributed by atoms with Gasteiger partial charge in [-0.05, 0) is 26.0 Å². The van der Waals surface area contributed by atoms with Crippen LogP contribution in [0.25, 0.3) is 10.2 Å². The Morgan fingerprint density at radius 1 is 1.39 bits per heavy atom. The minimum Gasteiger partial charge on any atom is -0.351 e. The van der Waals surface area contributed by atoms with Gasteiger partial charge in [-0.3, -0.25) is 9.48 Å². The van der Waals surface area contributed by atoms with Crippen molar-refractivity contribution in [2.75, 3.05) is 0 Å². The first kappa shape index (κ1) is 15.9. The SMILES string of the molecule is C[C@H](Cn1cncn1)NC(=O)[C@@H](C)Sc1nc2ccccc2s1. The number of rotatable bonds is 6. The number of fused-ring (bicyclic) bond motifs is 1. The number of benzene rings is 1. The molecule has 0 aliphatic carbocycles. The lowest BCUT2D eigenvalue weighted by Crippen LogP contribution is -2.39. The zero-order chi connectivity index (χ0) is 16.2. The molecule has 2 aromatic heterocycles. The van der Waals surface area contributed by atoms with E-state index in [2.05, 4.69) is 20.4 Å². The molecule has 8 heteroatoms. The smallest absolute Gasteiger partial charge is 0.233 e. The summed E-state index contributed by atoms with van der Waals surface area (Å²) in [4.78, 5) is 20.7. The molecule has 3 aromatic rings. The summed E-state index contributed by atoms with van der Waals surface area (Å²) < 4.78 is 3.76. The fourth-order valence-electron chi connectivity index (χ4n) is 2.12. The summed E-state index contributed by atoms with van der Waals surface area (Å²) in [5.74, 6) is 0.00173. The number of amides is 1. The summed E-state index contributed by atoms with van der Waals surface area (Å²) in [6.07, 6.45) is 3.13. The number of nitrogens with zero attached hydrogens (tertiary/aromatic N) is 4. The van der Waals surface area contributed by atoms with Gasteiger partial charge in [0.25, 0.3) is 0 Å². The maximum atomic E-state index is 12.3. The molecule has 1 aromatic carbocycles. The van der Waals surface area contributed by atoms with E-state index in [1.54, 1.807) is 22.3 Å². The molecule has 120 valence electrons. The normalized spacial score (nSPS) is 13.8. The van der Waals surface area contributed by atoms with Gasteiger partial charge in [0.2, 0.25) is 5.91 Å². The highest BCUT2D eigenvalue weighted by atomic mass is 32.2. The van der Waals surface area contributed by atoms with Crippen molar-refractivity contribution in [3.8, 4) is 0 Å². The molecule has 0 radical (unpaired) electrons. The van der Waals surface area contributed by atoms with Crippen LogP contribution in [0.3, 0.4) is 0 Å². The van der Waals surface area contributed by atoms with Gasteiger partial charge in [0.15, 0.2) is 4.34 Å². The second-order valence-corrected chi connectivity index (χ2v) is 7.85. The Hall–Kier alpha value is -1.93. The van der Waals surface area contributed by atoms with E-state index in [0.29, 0.717) is 6.54 Å². The average Bonchev–Trinajstić information content (AvgIpc) is 3.15. The Morgan fingerprint density at radius 2 is 2.22 bits per heavy atom. The van der Waals surface area contributed by atoms with Crippen LogP contribution >= 0.6 is 23.1 Å². The molecule has 0 aliphatic rings. The molecule has 3 rings (SSSR count). The fourth-order valence-corrected chi connectivity index (χ4v) is 4.34. The maximum Gasteiger partial charge on any atom is 0.233 e. The number of carbonyl (C=O) groups excluding carboxylic acids is 1. The Labute approximate surface area is 142 Å². The van der Waals surface area contributed by atoms with E-state index in [1.807, 2.05) is 38.1 Å². The van der Waals surface area contributed by atoms with E-state index in [9.17, 15) is 4.79 Å². The first-order valence-corrected chi connectivity index (χ1v) is 8.96. The van der Waals surface area contributed by atoms with E-state index in [1.165, 1.54) is 18.1 Å². The second-order valence-electron chi connectivity index (χ2n) is 5.23. The standard InChI is InChI=1S/C15H17N5OS2/c1-10(7-20-9-16-8-17-20)18-14(21)11(2)22-15-19-12-5-3-4-6-13(12)23-15/h3-6,8-11H,7H2,1-2H3,(H,18,21)/t10-,11-/m1/s1. The second kappa shape index (κ2) is 7.10. The lowest BCUT2D eigenvalue weighted by Gasteiger charge is -2.16. The summed E-state index contributed by atoms with van der Waals surface area (Å²) in [6.45, 7) is 4.45. The third kappa shape index (κ3) is 4.08. The molecule has 0 saturated carbocycles. The van der Waals surface area contributed by atoms with Gasteiger partial charge in [-0.15, -0.1) is 11.3 Å². The molecule has 0 unspecified atom stereocenters. The molecule has 0 fully saturated rings. The molecule has 2 heterocycles. The number of carbonyl (C=O) groups is 1. The summed E-state index contributed by atoms with van der Waals surface area (Å²) in [7, 11) is 0. The quantitative estimate of drug-likeness (QED) is 0.694. The van der Waals surface area contributed by atoms with E-state index in [-0.39, 0.29) is 17.2 Å². The number of nitrogens with one attached hydrogen (secondary N) is 1. The number of hydrogen-bond acceptors (Lipinski definition) is 6. The van der Waals surface area contributed by atoms with Gasteiger partial charge in [-0.2, -0.15) is 5.10 Å². The van der Waals surface area contributed by atoms with Crippen LogP contribution < -0.4 is 5.32 Å². The van der Waals surface area contributed by atoms with Crippen molar-refractivity contribution in [1.82, 2.24) is 25.1 Å². The molecular formula is C15H17N5OS2. The predicted octanol–water partition coefficient (Wildman–Crippen LogP) is 2.57. The molecular weight excluding hydrogens is 330 g/mol. The fraction of sp³-hybridized carbons (Fsp3) is 0.333. The molecule has 0 bridgehead atoms. The topological polar surface area (TPSA) is 72.7 Å². The zero-order valence-corrected chi connectivity index (χ0v) is 14.5. The summed E-state index contributed by atoms with van der Waals surface area (Å²) in [5, 5.41) is 6.84. The Morgan fingerprint density at radius 3 is 2.96 bits per heavy atom. The lowest BCUT2D eigenvalue weighted by atomic mass is 10.3. The van der Waals surface area contributed by atoms with Crippen molar-refractivity contribution in [1.29, 1.82) is 0 Å². The van der Waals surface area contributed by atoms with Gasteiger partial charge < -0.3 is 5.32 Å². The summed E-state index contributed by atoms with van der Waals surface area (Å²) >= 11 is 3.10. The Kier molecular flexibility index (Phi) is 4.92. The van der Waals surface area contributed by atoms with Crippen LogP contribution in [-0.4, -0.2) is 36.9 Å². The van der Waals surface area contributed by atoms with Gasteiger partial charge in [0.1, 0.15) is 12.7 Å². The zero-order valence-electron chi connectivity index (χ0n) is 12.8. The number of hydrogen-bond donors (Lipinski definition) is 1. The van der Waals surface area contributed by atoms with Crippen molar-refractivity contribution in [3.63, 3.8) is 0 Å². The molecule has 0 aliphatic heterocycles. The highest BCUT2D eigenvalue weighted by Crippen LogP contribution is 2.31. The molecule has 1 N–H and O–H groups in total. The number of para-hydroxylation sites is 1. The van der Waals surface area contributed by atoms with Crippen molar-refractivity contribution < 1.29 is 4.79 Å². The minimum atomic E-state index is -0.200. The Balaban J connectivity index is 1.56. The third-order valence-corrected chi connectivity index (χ3v) is 5.47. The van der Waals surface area contributed by atoms with Gasteiger partial charge in [0.05, 0.1) is 22.0 Å². The first-order chi connectivity index (χ1) is 11.1.